The zero-order chi connectivity index (χ0) is 38.7. The van der Waals surface area contributed by atoms with E-state index in [1.807, 2.05) is 11.3 Å². The van der Waals surface area contributed by atoms with E-state index >= 15 is 0 Å². The Morgan fingerprint density at radius 2 is 0.949 bits per heavy atom. The number of benzene rings is 8. The molecule has 14 rings (SSSR count). The first-order valence-electron chi connectivity index (χ1n) is 21.5. The molecule has 0 N–H and O–H groups in total. The van der Waals surface area contributed by atoms with Crippen LogP contribution in [0.25, 0.3) is 64.7 Å². The van der Waals surface area contributed by atoms with E-state index in [0.29, 0.717) is 0 Å². The summed E-state index contributed by atoms with van der Waals surface area (Å²) in [4.78, 5) is 2.40. The minimum Gasteiger partial charge on any atom is -0.310 e. The predicted octanol–water partition coefficient (Wildman–Crippen LogP) is 15.9. The molecule has 8 aromatic carbocycles. The van der Waals surface area contributed by atoms with Gasteiger partial charge in [0.05, 0.1) is 0 Å². The standard InChI is InChI=1S/C57H43NS/c1-3-9-37(10-4-1)39-15-21-45(22-16-39)58(46-23-17-40(18-24-46)38-11-5-2-6-12-38)47-25-27-50-49-26-19-42(34-55(49)59-56(50)35-47)41-20-28-53-51(33-41)48-13-7-8-14-52(48)57(53)44-30-36-29-43(32-44)54(57)31-36/h1-28,33-36,43-44,54H,29-32H2. The van der Waals surface area contributed by atoms with Gasteiger partial charge in [0.1, 0.15) is 0 Å². The van der Waals surface area contributed by atoms with Crippen LogP contribution in [0, 0.1) is 23.7 Å². The van der Waals surface area contributed by atoms with Crippen molar-refractivity contribution in [2.24, 2.45) is 23.7 Å². The van der Waals surface area contributed by atoms with Crippen LogP contribution in [0.15, 0.2) is 188 Å². The van der Waals surface area contributed by atoms with Gasteiger partial charge in [0.15, 0.2) is 0 Å². The molecule has 59 heavy (non-hydrogen) atoms. The second kappa shape index (κ2) is 12.9. The van der Waals surface area contributed by atoms with E-state index in [-0.39, 0.29) is 5.41 Å². The van der Waals surface area contributed by atoms with E-state index in [4.69, 9.17) is 0 Å². The molecule has 5 atom stereocenters. The smallest absolute Gasteiger partial charge is 0.0476 e. The summed E-state index contributed by atoms with van der Waals surface area (Å²) in [5.41, 5.74) is 17.4. The molecule has 1 heterocycles. The third-order valence-electron chi connectivity index (χ3n) is 14.9. The van der Waals surface area contributed by atoms with Gasteiger partial charge in [0.25, 0.3) is 0 Å². The molecule has 4 bridgehead atoms. The Balaban J connectivity index is 0.884. The highest BCUT2D eigenvalue weighted by Crippen LogP contribution is 2.73. The third kappa shape index (κ3) is 5.03. The van der Waals surface area contributed by atoms with Gasteiger partial charge in [0, 0.05) is 42.6 Å². The Kier molecular flexibility index (Phi) is 7.37. The molecule has 1 spiro atoms. The van der Waals surface area contributed by atoms with Crippen LogP contribution in [-0.2, 0) is 5.41 Å². The van der Waals surface area contributed by atoms with Crippen molar-refractivity contribution in [1.82, 2.24) is 0 Å². The summed E-state index contributed by atoms with van der Waals surface area (Å²) < 4.78 is 2.64. The van der Waals surface area contributed by atoms with Crippen molar-refractivity contribution in [2.45, 2.75) is 31.1 Å². The van der Waals surface area contributed by atoms with E-state index in [9.17, 15) is 0 Å². The van der Waals surface area contributed by atoms with Gasteiger partial charge in [-0.3, -0.25) is 0 Å². The van der Waals surface area contributed by atoms with Crippen molar-refractivity contribution in [3.63, 3.8) is 0 Å². The summed E-state index contributed by atoms with van der Waals surface area (Å²) in [7, 11) is 0. The van der Waals surface area contributed by atoms with Gasteiger partial charge in [-0.25, -0.2) is 0 Å². The monoisotopic (exact) mass is 773 g/mol. The molecule has 4 fully saturated rings. The second-order valence-corrected chi connectivity index (χ2v) is 18.8. The molecule has 0 saturated heterocycles. The molecule has 5 unspecified atom stereocenters. The summed E-state index contributed by atoms with van der Waals surface area (Å²) in [5, 5.41) is 2.64. The lowest BCUT2D eigenvalue weighted by atomic mass is 9.59. The van der Waals surface area contributed by atoms with E-state index in [2.05, 4.69) is 193 Å². The highest BCUT2D eigenvalue weighted by molar-refractivity contribution is 7.25. The first-order chi connectivity index (χ1) is 29.2. The van der Waals surface area contributed by atoms with Gasteiger partial charge in [-0.05, 0) is 154 Å². The highest BCUT2D eigenvalue weighted by Gasteiger charge is 2.65. The van der Waals surface area contributed by atoms with Crippen LogP contribution in [0.4, 0.5) is 17.1 Å². The molecule has 0 aliphatic heterocycles. The van der Waals surface area contributed by atoms with Gasteiger partial charge in [-0.15, -0.1) is 11.3 Å². The van der Waals surface area contributed by atoms with Crippen molar-refractivity contribution in [1.29, 1.82) is 0 Å². The molecule has 5 aliphatic carbocycles. The first-order valence-corrected chi connectivity index (χ1v) is 22.3. The normalized spacial score (nSPS) is 22.0. The predicted molar refractivity (Wildman–Crippen MR) is 249 cm³/mol. The fraction of sp³-hybridized carbons (Fsp3) is 0.158. The van der Waals surface area contributed by atoms with Crippen LogP contribution in [0.5, 0.6) is 0 Å². The molecule has 4 saturated carbocycles. The largest absolute Gasteiger partial charge is 0.310 e. The molecule has 5 aliphatic rings. The Morgan fingerprint density at radius 3 is 1.64 bits per heavy atom. The van der Waals surface area contributed by atoms with Crippen molar-refractivity contribution in [3.8, 4) is 44.5 Å². The average Bonchev–Trinajstić information content (AvgIpc) is 3.98. The number of hydrogen-bond donors (Lipinski definition) is 0. The number of thiophene rings is 1. The van der Waals surface area contributed by atoms with E-state index in [0.717, 1.165) is 40.7 Å². The zero-order valence-electron chi connectivity index (χ0n) is 32.9. The molecule has 2 heteroatoms. The fourth-order valence-corrected chi connectivity index (χ4v) is 13.7. The Bertz CT molecular complexity index is 2980. The average molecular weight is 774 g/mol. The summed E-state index contributed by atoms with van der Waals surface area (Å²) in [6.07, 6.45) is 5.75. The number of hydrogen-bond acceptors (Lipinski definition) is 2. The molecule has 9 aromatic rings. The Morgan fingerprint density at radius 1 is 0.407 bits per heavy atom. The molecule has 0 radical (unpaired) electrons. The molecule has 1 aromatic heterocycles. The maximum atomic E-state index is 2.55. The van der Waals surface area contributed by atoms with Crippen molar-refractivity contribution >= 4 is 48.6 Å². The molecular weight excluding hydrogens is 731 g/mol. The lowest BCUT2D eigenvalue weighted by Gasteiger charge is -2.43. The molecule has 282 valence electrons. The minimum atomic E-state index is 0.233. The van der Waals surface area contributed by atoms with Crippen LogP contribution in [-0.4, -0.2) is 0 Å². The Labute approximate surface area is 350 Å². The van der Waals surface area contributed by atoms with Gasteiger partial charge >= 0.3 is 0 Å². The maximum absolute atomic E-state index is 2.55. The van der Waals surface area contributed by atoms with Crippen molar-refractivity contribution in [3.05, 3.63) is 199 Å². The van der Waals surface area contributed by atoms with Gasteiger partial charge < -0.3 is 4.90 Å². The molecular formula is C57H43NS. The van der Waals surface area contributed by atoms with Crippen LogP contribution in [0.1, 0.15) is 36.8 Å². The number of rotatable bonds is 6. The fourth-order valence-electron chi connectivity index (χ4n) is 12.6. The lowest BCUT2D eigenvalue weighted by molar-refractivity contribution is 0.191. The SMILES string of the molecule is c1ccc(-c2ccc(N(c3ccc(-c4ccccc4)cc3)c3ccc4c(c3)sc3cc(-c5ccc6c(c5)-c5ccccc5C65C6CC7CC(C6)C5C7)ccc34)cc2)cc1. The van der Waals surface area contributed by atoms with Gasteiger partial charge in [0.2, 0.25) is 0 Å². The summed E-state index contributed by atoms with van der Waals surface area (Å²) in [5.74, 6) is 3.50. The van der Waals surface area contributed by atoms with Crippen molar-refractivity contribution < 1.29 is 0 Å². The van der Waals surface area contributed by atoms with Crippen LogP contribution >= 0.6 is 11.3 Å². The topological polar surface area (TPSA) is 3.24 Å². The van der Waals surface area contributed by atoms with E-state index in [1.165, 1.54) is 90.4 Å². The quantitative estimate of drug-likeness (QED) is 0.163. The Hall–Kier alpha value is -6.22. The number of anilines is 3. The molecule has 1 nitrogen and oxygen atoms in total. The van der Waals surface area contributed by atoms with Crippen LogP contribution in [0.3, 0.4) is 0 Å². The van der Waals surface area contributed by atoms with Crippen LogP contribution < -0.4 is 4.90 Å². The van der Waals surface area contributed by atoms with Gasteiger partial charge in [-0.2, -0.15) is 0 Å². The molecule has 0 amide bonds. The first kappa shape index (κ1) is 33.7. The summed E-state index contributed by atoms with van der Waals surface area (Å²) in [6, 6.07) is 70.5. The summed E-state index contributed by atoms with van der Waals surface area (Å²) in [6.45, 7) is 0. The highest BCUT2D eigenvalue weighted by atomic mass is 32.1. The minimum absolute atomic E-state index is 0.233. The van der Waals surface area contributed by atoms with E-state index in [1.54, 1.807) is 11.1 Å². The third-order valence-corrected chi connectivity index (χ3v) is 16.0. The summed E-state index contributed by atoms with van der Waals surface area (Å²) >= 11 is 1.91. The zero-order valence-corrected chi connectivity index (χ0v) is 33.7. The van der Waals surface area contributed by atoms with Crippen molar-refractivity contribution in [2.75, 3.05) is 4.90 Å². The van der Waals surface area contributed by atoms with Gasteiger partial charge in [-0.1, -0.05) is 140 Å². The number of fused-ring (bicyclic) bond motifs is 6. The lowest BCUT2D eigenvalue weighted by Crippen LogP contribution is -2.40. The van der Waals surface area contributed by atoms with Crippen LogP contribution in [0.2, 0.25) is 0 Å². The van der Waals surface area contributed by atoms with E-state index < -0.39 is 0 Å². The second-order valence-electron chi connectivity index (χ2n) is 17.7. The number of nitrogens with zero attached hydrogens (tertiary/aromatic N) is 1. The maximum Gasteiger partial charge on any atom is 0.0476 e.